The molecule has 0 aliphatic carbocycles. The summed E-state index contributed by atoms with van der Waals surface area (Å²) < 4.78 is 6.24. The van der Waals surface area contributed by atoms with Gasteiger partial charge in [-0.15, -0.1) is 0 Å². The number of rotatable bonds is 6. The summed E-state index contributed by atoms with van der Waals surface area (Å²) in [4.78, 5) is 31.8. The van der Waals surface area contributed by atoms with Crippen molar-refractivity contribution in [3.63, 3.8) is 0 Å². The van der Waals surface area contributed by atoms with Crippen molar-refractivity contribution in [2.75, 3.05) is 6.61 Å². The fourth-order valence-corrected chi connectivity index (χ4v) is 4.48. The number of Topliss-reactive ketones (excluding diaryl/α,β-unsaturated/α-hetero) is 1. The number of pyridine rings is 1. The van der Waals surface area contributed by atoms with E-state index in [2.05, 4.69) is 20.9 Å². The van der Waals surface area contributed by atoms with Gasteiger partial charge < -0.3 is 14.7 Å². The number of carbonyl (C=O) groups excluding carboxylic acids is 2. The third-order valence-corrected chi connectivity index (χ3v) is 6.07. The van der Waals surface area contributed by atoms with E-state index < -0.39 is 17.7 Å². The molecule has 1 saturated heterocycles. The van der Waals surface area contributed by atoms with E-state index in [0.29, 0.717) is 28.5 Å². The van der Waals surface area contributed by atoms with Gasteiger partial charge >= 0.3 is 0 Å². The molecular formula is C25H20BrClN2O4. The number of carbonyl (C=O) groups is 2. The number of aliphatic hydroxyl groups excluding tert-OH is 1. The van der Waals surface area contributed by atoms with Gasteiger partial charge in [-0.05, 0) is 54.4 Å². The SMILES string of the molecule is CCOc1ccc(C(O)=C2C(=O)C(=O)N(Cc3cccnc3)[C@H]2c2cccc(Br)c2)cc1Cl. The second-order valence-corrected chi connectivity index (χ2v) is 8.74. The average Bonchev–Trinajstić information content (AvgIpc) is 3.05. The predicted molar refractivity (Wildman–Crippen MR) is 129 cm³/mol. The zero-order chi connectivity index (χ0) is 23.5. The molecule has 4 rings (SSSR count). The summed E-state index contributed by atoms with van der Waals surface area (Å²) in [5, 5.41) is 11.5. The van der Waals surface area contributed by atoms with Crippen molar-refractivity contribution >= 4 is 45.0 Å². The van der Waals surface area contributed by atoms with Crippen molar-refractivity contribution in [1.82, 2.24) is 9.88 Å². The number of ketones is 1. The molecule has 1 fully saturated rings. The molecular weight excluding hydrogens is 508 g/mol. The van der Waals surface area contributed by atoms with Crippen LogP contribution in [0.3, 0.4) is 0 Å². The molecule has 8 heteroatoms. The molecule has 6 nitrogen and oxygen atoms in total. The molecule has 0 radical (unpaired) electrons. The van der Waals surface area contributed by atoms with Crippen LogP contribution in [0.5, 0.6) is 5.75 Å². The lowest BCUT2D eigenvalue weighted by molar-refractivity contribution is -0.140. The molecule has 1 amide bonds. The van der Waals surface area contributed by atoms with Crippen molar-refractivity contribution in [2.45, 2.75) is 19.5 Å². The van der Waals surface area contributed by atoms with Gasteiger partial charge in [0.25, 0.3) is 11.7 Å². The number of hydrogen-bond donors (Lipinski definition) is 1. The van der Waals surface area contributed by atoms with Crippen LogP contribution in [0.2, 0.25) is 5.02 Å². The number of likely N-dealkylation sites (tertiary alicyclic amines) is 1. The third-order valence-electron chi connectivity index (χ3n) is 5.29. The second-order valence-electron chi connectivity index (χ2n) is 7.42. The molecule has 168 valence electrons. The van der Waals surface area contributed by atoms with Crippen LogP contribution in [0.25, 0.3) is 5.76 Å². The maximum atomic E-state index is 13.1. The molecule has 1 aliphatic rings. The van der Waals surface area contributed by atoms with Crippen molar-refractivity contribution in [3.05, 3.63) is 98.7 Å². The number of aromatic nitrogens is 1. The van der Waals surface area contributed by atoms with E-state index in [9.17, 15) is 14.7 Å². The first kappa shape index (κ1) is 23.0. The van der Waals surface area contributed by atoms with Crippen LogP contribution in [-0.2, 0) is 16.1 Å². The molecule has 2 aromatic carbocycles. The summed E-state index contributed by atoms with van der Waals surface area (Å²) in [6, 6.07) is 14.9. The van der Waals surface area contributed by atoms with E-state index >= 15 is 0 Å². The molecule has 0 saturated carbocycles. The Kier molecular flexibility index (Phi) is 6.81. The highest BCUT2D eigenvalue weighted by Gasteiger charge is 2.46. The van der Waals surface area contributed by atoms with Crippen LogP contribution in [0.1, 0.15) is 29.7 Å². The minimum Gasteiger partial charge on any atom is -0.507 e. The van der Waals surface area contributed by atoms with Crippen LogP contribution in [-0.4, -0.2) is 33.3 Å². The van der Waals surface area contributed by atoms with Gasteiger partial charge in [-0.2, -0.15) is 0 Å². The fraction of sp³-hybridized carbons (Fsp3) is 0.160. The highest BCUT2D eigenvalue weighted by atomic mass is 79.9. The first-order chi connectivity index (χ1) is 15.9. The van der Waals surface area contributed by atoms with Gasteiger partial charge in [0.2, 0.25) is 0 Å². The topological polar surface area (TPSA) is 79.7 Å². The van der Waals surface area contributed by atoms with Crippen molar-refractivity contribution in [1.29, 1.82) is 0 Å². The number of halogens is 2. The zero-order valence-corrected chi connectivity index (χ0v) is 20.0. The highest BCUT2D eigenvalue weighted by Crippen LogP contribution is 2.41. The molecule has 0 spiro atoms. The summed E-state index contributed by atoms with van der Waals surface area (Å²) in [6.45, 7) is 2.44. The summed E-state index contributed by atoms with van der Waals surface area (Å²) in [7, 11) is 0. The van der Waals surface area contributed by atoms with Crippen LogP contribution in [0.4, 0.5) is 0 Å². The molecule has 0 unspecified atom stereocenters. The molecule has 1 N–H and O–H groups in total. The number of aliphatic hydroxyl groups is 1. The number of nitrogens with zero attached hydrogens (tertiary/aromatic N) is 2. The lowest BCUT2D eigenvalue weighted by Gasteiger charge is -2.25. The Balaban J connectivity index is 1.85. The first-order valence-electron chi connectivity index (χ1n) is 10.3. The van der Waals surface area contributed by atoms with E-state index in [1.165, 1.54) is 11.0 Å². The molecule has 1 atom stereocenters. The van der Waals surface area contributed by atoms with Gasteiger partial charge in [-0.3, -0.25) is 14.6 Å². The lowest BCUT2D eigenvalue weighted by Crippen LogP contribution is -2.29. The van der Waals surface area contributed by atoms with Crippen LogP contribution >= 0.6 is 27.5 Å². The smallest absolute Gasteiger partial charge is 0.295 e. The van der Waals surface area contributed by atoms with Gasteiger partial charge in [-0.25, -0.2) is 0 Å². The minimum absolute atomic E-state index is 0.00205. The maximum absolute atomic E-state index is 13.1. The monoisotopic (exact) mass is 526 g/mol. The normalized spacial score (nSPS) is 17.4. The van der Waals surface area contributed by atoms with Gasteiger partial charge in [0.05, 0.1) is 23.2 Å². The fourth-order valence-electron chi connectivity index (χ4n) is 3.83. The number of benzene rings is 2. The van der Waals surface area contributed by atoms with Gasteiger partial charge in [0, 0.05) is 29.0 Å². The molecule has 2 heterocycles. The van der Waals surface area contributed by atoms with Crippen LogP contribution in [0, 0.1) is 0 Å². The van der Waals surface area contributed by atoms with Gasteiger partial charge in [-0.1, -0.05) is 45.7 Å². The molecule has 1 aliphatic heterocycles. The number of ether oxygens (including phenoxy) is 1. The predicted octanol–water partition coefficient (Wildman–Crippen LogP) is 5.52. The van der Waals surface area contributed by atoms with Crippen LogP contribution < -0.4 is 4.74 Å². The van der Waals surface area contributed by atoms with E-state index in [4.69, 9.17) is 16.3 Å². The molecule has 33 heavy (non-hydrogen) atoms. The summed E-state index contributed by atoms with van der Waals surface area (Å²) >= 11 is 9.75. The van der Waals surface area contributed by atoms with Crippen molar-refractivity contribution in [3.8, 4) is 5.75 Å². The number of amides is 1. The molecule has 0 bridgehead atoms. The first-order valence-corrected chi connectivity index (χ1v) is 11.4. The maximum Gasteiger partial charge on any atom is 0.295 e. The third kappa shape index (κ3) is 4.65. The second kappa shape index (κ2) is 9.77. The Morgan fingerprint density at radius 3 is 2.67 bits per heavy atom. The lowest BCUT2D eigenvalue weighted by atomic mass is 9.95. The Morgan fingerprint density at radius 2 is 2.00 bits per heavy atom. The van der Waals surface area contributed by atoms with Gasteiger partial charge in [0.1, 0.15) is 11.5 Å². The summed E-state index contributed by atoms with van der Waals surface area (Å²) in [6.07, 6.45) is 3.28. The zero-order valence-electron chi connectivity index (χ0n) is 17.7. The number of hydrogen-bond acceptors (Lipinski definition) is 5. The van der Waals surface area contributed by atoms with E-state index in [1.807, 2.05) is 37.3 Å². The Hall–Kier alpha value is -3.16. The summed E-state index contributed by atoms with van der Waals surface area (Å²) in [5.74, 6) is -1.28. The standard InChI is InChI=1S/C25H20BrClN2O4/c1-2-33-20-9-8-17(12-19(20)27)23(30)21-22(16-6-3-7-18(26)11-16)29(25(32)24(21)31)14-15-5-4-10-28-13-15/h3-13,22,30H,2,14H2,1H3/t22-/m0/s1. The molecule has 1 aromatic heterocycles. The van der Waals surface area contributed by atoms with Crippen molar-refractivity contribution < 1.29 is 19.4 Å². The minimum atomic E-state index is -0.784. The Morgan fingerprint density at radius 1 is 1.18 bits per heavy atom. The highest BCUT2D eigenvalue weighted by molar-refractivity contribution is 9.10. The quantitative estimate of drug-likeness (QED) is 0.259. The van der Waals surface area contributed by atoms with Crippen molar-refractivity contribution in [2.24, 2.45) is 0 Å². The average molecular weight is 528 g/mol. The van der Waals surface area contributed by atoms with E-state index in [0.717, 1.165) is 10.0 Å². The van der Waals surface area contributed by atoms with E-state index in [-0.39, 0.29) is 17.9 Å². The Labute approximate surface area is 204 Å². The van der Waals surface area contributed by atoms with Gasteiger partial charge in [0.15, 0.2) is 0 Å². The Bertz CT molecular complexity index is 1250. The largest absolute Gasteiger partial charge is 0.507 e. The van der Waals surface area contributed by atoms with Crippen LogP contribution in [0.15, 0.2) is 77.0 Å². The summed E-state index contributed by atoms with van der Waals surface area (Å²) in [5.41, 5.74) is 1.78. The molecule has 3 aromatic rings. The van der Waals surface area contributed by atoms with E-state index in [1.54, 1.807) is 30.6 Å².